The number of allylic oxidation sites excluding steroid dienone is 4. The third-order valence-corrected chi connectivity index (χ3v) is 5.26. The number of hydrogen-bond acceptors (Lipinski definition) is 3. The minimum absolute atomic E-state index is 0.281. The van der Waals surface area contributed by atoms with Gasteiger partial charge in [-0.05, 0) is 58.6 Å². The summed E-state index contributed by atoms with van der Waals surface area (Å²) in [5.41, 5.74) is 2.96. The van der Waals surface area contributed by atoms with Gasteiger partial charge in [-0.2, -0.15) is 0 Å². The standard InChI is InChI=1S/C13H19O3P.C8H14/c1-6-16-17(5,15)13(14)12-10(3)7-9(2)8-11(12)4;1-3-5-7-8-6-4-2/h7-8H,6H2,1-5H3;3,5-6,8H,4,7H2,1-2H3/b;5-3-,8-6-. The van der Waals surface area contributed by atoms with E-state index in [2.05, 4.69) is 31.2 Å². The second-order valence-electron chi connectivity index (χ2n) is 6.03. The summed E-state index contributed by atoms with van der Waals surface area (Å²) in [7, 11) is -3.21. The molecule has 0 amide bonds. The van der Waals surface area contributed by atoms with E-state index in [1.165, 1.54) is 6.66 Å². The van der Waals surface area contributed by atoms with Crippen molar-refractivity contribution in [1.82, 2.24) is 0 Å². The van der Waals surface area contributed by atoms with Crippen molar-refractivity contribution in [3.05, 3.63) is 58.7 Å². The van der Waals surface area contributed by atoms with Crippen LogP contribution in [0.1, 0.15) is 60.7 Å². The molecule has 1 aromatic carbocycles. The van der Waals surface area contributed by atoms with E-state index in [1.54, 1.807) is 6.92 Å². The van der Waals surface area contributed by atoms with Crippen molar-refractivity contribution in [2.45, 2.75) is 54.4 Å². The lowest BCUT2D eigenvalue weighted by Gasteiger charge is -2.15. The summed E-state index contributed by atoms with van der Waals surface area (Å²) in [5, 5.41) is 0. The Morgan fingerprint density at radius 1 is 1.08 bits per heavy atom. The van der Waals surface area contributed by atoms with Crippen molar-refractivity contribution < 1.29 is 13.9 Å². The van der Waals surface area contributed by atoms with Crippen molar-refractivity contribution in [3.8, 4) is 0 Å². The largest absolute Gasteiger partial charge is 0.324 e. The number of aryl methyl sites for hydroxylation is 3. The Kier molecular flexibility index (Phi) is 11.3. The predicted octanol–water partition coefficient (Wildman–Crippen LogP) is 6.62. The lowest BCUT2D eigenvalue weighted by molar-refractivity contribution is 0.105. The summed E-state index contributed by atoms with van der Waals surface area (Å²) in [6.45, 7) is 13.3. The molecule has 0 heterocycles. The molecule has 4 heteroatoms. The van der Waals surface area contributed by atoms with E-state index in [1.807, 2.05) is 39.8 Å². The quantitative estimate of drug-likeness (QED) is 0.403. The molecule has 25 heavy (non-hydrogen) atoms. The van der Waals surface area contributed by atoms with Gasteiger partial charge in [-0.15, -0.1) is 0 Å². The molecule has 0 aliphatic rings. The van der Waals surface area contributed by atoms with Crippen molar-refractivity contribution in [2.24, 2.45) is 0 Å². The van der Waals surface area contributed by atoms with Gasteiger partial charge >= 0.3 is 0 Å². The highest BCUT2D eigenvalue weighted by atomic mass is 31.2. The highest BCUT2D eigenvalue weighted by molar-refractivity contribution is 7.76. The minimum atomic E-state index is -3.21. The molecule has 0 N–H and O–H groups in total. The summed E-state index contributed by atoms with van der Waals surface area (Å²) in [5.74, 6) is 0. The van der Waals surface area contributed by atoms with E-state index in [9.17, 15) is 9.36 Å². The van der Waals surface area contributed by atoms with Gasteiger partial charge in [-0.1, -0.05) is 48.9 Å². The van der Waals surface area contributed by atoms with Crippen molar-refractivity contribution in [1.29, 1.82) is 0 Å². The molecule has 0 aromatic heterocycles. The van der Waals surface area contributed by atoms with Gasteiger partial charge in [-0.25, -0.2) is 0 Å². The smallest absolute Gasteiger partial charge is 0.268 e. The van der Waals surface area contributed by atoms with Crippen LogP contribution in [-0.4, -0.2) is 18.8 Å². The van der Waals surface area contributed by atoms with Crippen LogP contribution in [-0.2, 0) is 9.09 Å². The molecule has 0 aliphatic carbocycles. The zero-order chi connectivity index (χ0) is 19.5. The van der Waals surface area contributed by atoms with Crippen LogP contribution < -0.4 is 0 Å². The first kappa shape index (κ1) is 23.6. The van der Waals surface area contributed by atoms with Gasteiger partial charge in [0.15, 0.2) is 0 Å². The van der Waals surface area contributed by atoms with Gasteiger partial charge in [0, 0.05) is 12.2 Å². The van der Waals surface area contributed by atoms with Gasteiger partial charge < -0.3 is 4.52 Å². The van der Waals surface area contributed by atoms with Crippen LogP contribution in [0.5, 0.6) is 0 Å². The fourth-order valence-electron chi connectivity index (χ4n) is 2.50. The Balaban J connectivity index is 0.000000609. The maximum absolute atomic E-state index is 12.2. The Morgan fingerprint density at radius 2 is 1.64 bits per heavy atom. The van der Waals surface area contributed by atoms with E-state index >= 15 is 0 Å². The molecule has 0 fully saturated rings. The molecule has 0 bridgehead atoms. The van der Waals surface area contributed by atoms with Crippen molar-refractivity contribution in [2.75, 3.05) is 13.3 Å². The second-order valence-corrected chi connectivity index (χ2v) is 8.38. The number of hydrogen-bond donors (Lipinski definition) is 0. The number of carbonyl (C=O) groups is 1. The first-order valence-corrected chi connectivity index (χ1v) is 10.9. The molecule has 1 atom stereocenters. The van der Waals surface area contributed by atoms with Crippen LogP contribution in [0.3, 0.4) is 0 Å². The Hall–Kier alpha value is -1.44. The molecule has 0 aliphatic heterocycles. The summed E-state index contributed by atoms with van der Waals surface area (Å²) in [6, 6.07) is 3.85. The highest BCUT2D eigenvalue weighted by Crippen LogP contribution is 2.47. The van der Waals surface area contributed by atoms with Crippen LogP contribution in [0, 0.1) is 20.8 Å². The normalized spacial score (nSPS) is 13.6. The monoisotopic (exact) mass is 364 g/mol. The molecule has 0 saturated carbocycles. The summed E-state index contributed by atoms with van der Waals surface area (Å²) >= 11 is 0. The lowest BCUT2D eigenvalue weighted by atomic mass is 10.0. The first-order chi connectivity index (χ1) is 11.7. The summed E-state index contributed by atoms with van der Waals surface area (Å²) in [6.07, 6.45) is 10.8. The zero-order valence-corrected chi connectivity index (χ0v) is 17.7. The van der Waals surface area contributed by atoms with Crippen LogP contribution >= 0.6 is 7.37 Å². The zero-order valence-electron chi connectivity index (χ0n) is 16.8. The first-order valence-electron chi connectivity index (χ1n) is 8.82. The number of benzene rings is 1. The maximum Gasteiger partial charge on any atom is 0.268 e. The third kappa shape index (κ3) is 8.47. The molecule has 0 saturated heterocycles. The topological polar surface area (TPSA) is 43.4 Å². The van der Waals surface area contributed by atoms with Gasteiger partial charge in [0.1, 0.15) is 0 Å². The Morgan fingerprint density at radius 3 is 2.08 bits per heavy atom. The van der Waals surface area contributed by atoms with Crippen LogP contribution in [0.25, 0.3) is 0 Å². The molecular formula is C21H33O3P. The van der Waals surface area contributed by atoms with Gasteiger partial charge in [0.05, 0.1) is 6.61 Å². The molecule has 140 valence electrons. The van der Waals surface area contributed by atoms with Crippen LogP contribution in [0.15, 0.2) is 36.4 Å². The minimum Gasteiger partial charge on any atom is -0.324 e. The Bertz CT molecular complexity index is 634. The predicted molar refractivity (Wildman–Crippen MR) is 109 cm³/mol. The van der Waals surface area contributed by atoms with Crippen molar-refractivity contribution >= 4 is 12.9 Å². The van der Waals surface area contributed by atoms with Gasteiger partial charge in [0.25, 0.3) is 7.37 Å². The average molecular weight is 364 g/mol. The maximum atomic E-state index is 12.2. The molecule has 0 spiro atoms. The van der Waals surface area contributed by atoms with Gasteiger partial charge in [0.2, 0.25) is 5.52 Å². The van der Waals surface area contributed by atoms with E-state index in [0.717, 1.165) is 29.5 Å². The molecule has 3 nitrogen and oxygen atoms in total. The highest BCUT2D eigenvalue weighted by Gasteiger charge is 2.30. The fraction of sp³-hybridized carbons (Fsp3) is 0.476. The number of rotatable bonds is 7. The number of carbonyl (C=O) groups excluding carboxylic acids is 1. The third-order valence-electron chi connectivity index (χ3n) is 3.55. The van der Waals surface area contributed by atoms with E-state index in [-0.39, 0.29) is 12.1 Å². The summed E-state index contributed by atoms with van der Waals surface area (Å²) in [4.78, 5) is 12.2. The fourth-order valence-corrected chi connectivity index (χ4v) is 3.87. The molecule has 1 rings (SSSR count). The van der Waals surface area contributed by atoms with Crippen molar-refractivity contribution in [3.63, 3.8) is 0 Å². The van der Waals surface area contributed by atoms with Crippen LogP contribution in [0.4, 0.5) is 0 Å². The Labute approximate surface area is 153 Å². The SMILES string of the molecule is C/C=C\C/C=C\CC.CCOP(C)(=O)C(=O)c1c(C)cc(C)cc1C. The molecule has 1 unspecified atom stereocenters. The molecule has 1 aromatic rings. The lowest BCUT2D eigenvalue weighted by Crippen LogP contribution is -2.07. The summed E-state index contributed by atoms with van der Waals surface area (Å²) < 4.78 is 17.2. The average Bonchev–Trinajstić information content (AvgIpc) is 2.51. The molecular weight excluding hydrogens is 331 g/mol. The van der Waals surface area contributed by atoms with E-state index in [4.69, 9.17) is 4.52 Å². The van der Waals surface area contributed by atoms with Gasteiger partial charge in [-0.3, -0.25) is 9.36 Å². The van der Waals surface area contributed by atoms with E-state index in [0.29, 0.717) is 5.56 Å². The van der Waals surface area contributed by atoms with E-state index < -0.39 is 7.37 Å². The second kappa shape index (κ2) is 12.0. The molecule has 0 radical (unpaired) electrons. The van der Waals surface area contributed by atoms with Crippen LogP contribution in [0.2, 0.25) is 0 Å².